The van der Waals surface area contributed by atoms with Crippen LogP contribution in [0.1, 0.15) is 24.5 Å². The zero-order chi connectivity index (χ0) is 15.5. The van der Waals surface area contributed by atoms with Gasteiger partial charge < -0.3 is 9.80 Å². The number of aryl methyl sites for hydroxylation is 2. The third-order valence-corrected chi connectivity index (χ3v) is 4.88. The van der Waals surface area contributed by atoms with Crippen molar-refractivity contribution < 1.29 is 0 Å². The highest BCUT2D eigenvalue weighted by Gasteiger charge is 2.20. The summed E-state index contributed by atoms with van der Waals surface area (Å²) in [5.74, 6) is 0. The maximum atomic E-state index is 2.53. The lowest BCUT2D eigenvalue weighted by Gasteiger charge is -2.29. The number of para-hydroxylation sites is 2. The summed E-state index contributed by atoms with van der Waals surface area (Å²) in [5, 5.41) is 0. The van der Waals surface area contributed by atoms with Gasteiger partial charge in [0, 0.05) is 24.0 Å². The second-order valence-electron chi connectivity index (χ2n) is 6.51. The molecule has 2 heteroatoms. The summed E-state index contributed by atoms with van der Waals surface area (Å²) in [6, 6.07) is 18.3. The van der Waals surface area contributed by atoms with Crippen molar-refractivity contribution in [3.63, 3.8) is 0 Å². The summed E-state index contributed by atoms with van der Waals surface area (Å²) in [6.45, 7) is 3.36. The number of benzene rings is 2. The van der Waals surface area contributed by atoms with E-state index in [0.717, 1.165) is 25.8 Å². The van der Waals surface area contributed by atoms with Crippen molar-refractivity contribution in [1.29, 1.82) is 0 Å². The van der Waals surface area contributed by atoms with Crippen LogP contribution in [0.3, 0.4) is 0 Å². The minimum atomic E-state index is 0.586. The molecule has 2 aromatic carbocycles. The molecular weight excluding hydrogens is 268 g/mol. The Morgan fingerprint density at radius 1 is 0.909 bits per heavy atom. The van der Waals surface area contributed by atoms with E-state index in [1.54, 1.807) is 0 Å². The van der Waals surface area contributed by atoms with E-state index in [9.17, 15) is 0 Å². The van der Waals surface area contributed by atoms with Gasteiger partial charge in [-0.1, -0.05) is 36.4 Å². The number of hydrogen-bond acceptors (Lipinski definition) is 2. The fraction of sp³-hybridized carbons (Fsp3) is 0.400. The zero-order valence-corrected chi connectivity index (χ0v) is 13.9. The number of rotatable bonds is 4. The van der Waals surface area contributed by atoms with Crippen LogP contribution in [0.2, 0.25) is 0 Å². The smallest absolute Gasteiger partial charge is 0.0443 e. The molecule has 3 rings (SSSR count). The SMILES string of the molecule is CC(CCN1c2ccccc2CCc2ccccc21)N(C)C. The normalized spacial score (nSPS) is 15.2. The molecule has 0 saturated heterocycles. The van der Waals surface area contributed by atoms with Crippen LogP contribution in [0.4, 0.5) is 11.4 Å². The number of anilines is 2. The van der Waals surface area contributed by atoms with E-state index >= 15 is 0 Å². The lowest BCUT2D eigenvalue weighted by molar-refractivity contribution is 0.301. The molecule has 1 aliphatic rings. The lowest BCUT2D eigenvalue weighted by Crippen LogP contribution is -2.30. The minimum absolute atomic E-state index is 0.586. The molecule has 0 N–H and O–H groups in total. The van der Waals surface area contributed by atoms with Gasteiger partial charge in [0.15, 0.2) is 0 Å². The highest BCUT2D eigenvalue weighted by Crippen LogP contribution is 2.36. The first-order chi connectivity index (χ1) is 10.7. The van der Waals surface area contributed by atoms with Gasteiger partial charge in [-0.15, -0.1) is 0 Å². The van der Waals surface area contributed by atoms with Gasteiger partial charge in [0.2, 0.25) is 0 Å². The minimum Gasteiger partial charge on any atom is -0.341 e. The predicted molar refractivity (Wildman–Crippen MR) is 95.1 cm³/mol. The van der Waals surface area contributed by atoms with Gasteiger partial charge in [-0.2, -0.15) is 0 Å². The molecule has 1 atom stereocenters. The predicted octanol–water partition coefficient (Wildman–Crippen LogP) is 4.26. The summed E-state index contributed by atoms with van der Waals surface area (Å²) in [5.41, 5.74) is 5.71. The van der Waals surface area contributed by atoms with Crippen LogP contribution in [0, 0.1) is 0 Å². The Kier molecular flexibility index (Phi) is 4.49. The van der Waals surface area contributed by atoms with Gasteiger partial charge in [0.1, 0.15) is 0 Å². The zero-order valence-electron chi connectivity index (χ0n) is 13.9. The van der Waals surface area contributed by atoms with Crippen molar-refractivity contribution in [2.24, 2.45) is 0 Å². The van der Waals surface area contributed by atoms with Gasteiger partial charge >= 0.3 is 0 Å². The molecule has 1 aliphatic heterocycles. The number of nitrogens with zero attached hydrogens (tertiary/aromatic N) is 2. The molecule has 0 aromatic heterocycles. The highest BCUT2D eigenvalue weighted by atomic mass is 15.2. The average Bonchev–Trinajstić information content (AvgIpc) is 2.69. The van der Waals surface area contributed by atoms with Gasteiger partial charge in [0.25, 0.3) is 0 Å². The van der Waals surface area contributed by atoms with Crippen LogP contribution in [0.25, 0.3) is 0 Å². The Hall–Kier alpha value is -1.80. The molecule has 0 fully saturated rings. The molecule has 0 amide bonds. The van der Waals surface area contributed by atoms with Crippen LogP contribution >= 0.6 is 0 Å². The van der Waals surface area contributed by atoms with E-state index in [2.05, 4.69) is 79.3 Å². The van der Waals surface area contributed by atoms with E-state index in [1.165, 1.54) is 22.5 Å². The summed E-state index contributed by atoms with van der Waals surface area (Å²) < 4.78 is 0. The van der Waals surface area contributed by atoms with Crippen LogP contribution in [0.15, 0.2) is 48.5 Å². The Bertz CT molecular complexity index is 586. The second-order valence-corrected chi connectivity index (χ2v) is 6.51. The lowest BCUT2D eigenvalue weighted by atomic mass is 10.0. The highest BCUT2D eigenvalue weighted by molar-refractivity contribution is 5.71. The first-order valence-electron chi connectivity index (χ1n) is 8.26. The standard InChI is InChI=1S/C20H26N2/c1-16(21(2)3)14-15-22-19-10-6-4-8-17(19)12-13-18-9-5-7-11-20(18)22/h4-11,16H,12-15H2,1-3H3. The van der Waals surface area contributed by atoms with Crippen molar-refractivity contribution in [2.75, 3.05) is 25.5 Å². The Morgan fingerprint density at radius 3 is 1.91 bits per heavy atom. The number of fused-ring (bicyclic) bond motifs is 2. The van der Waals surface area contributed by atoms with E-state index in [-0.39, 0.29) is 0 Å². The molecule has 0 radical (unpaired) electrons. The molecule has 0 aliphatic carbocycles. The van der Waals surface area contributed by atoms with Gasteiger partial charge in [0.05, 0.1) is 0 Å². The largest absolute Gasteiger partial charge is 0.341 e. The van der Waals surface area contributed by atoms with Crippen molar-refractivity contribution in [3.8, 4) is 0 Å². The summed E-state index contributed by atoms with van der Waals surface area (Å²) in [7, 11) is 4.32. The number of hydrogen-bond donors (Lipinski definition) is 0. The quantitative estimate of drug-likeness (QED) is 0.831. The summed E-state index contributed by atoms with van der Waals surface area (Å²) in [6.07, 6.45) is 3.43. The molecule has 0 saturated carbocycles. The third kappa shape index (κ3) is 3.02. The molecule has 2 aromatic rings. The maximum Gasteiger partial charge on any atom is 0.0443 e. The second kappa shape index (κ2) is 6.53. The van der Waals surface area contributed by atoms with Crippen LogP contribution < -0.4 is 4.90 Å². The summed E-state index contributed by atoms with van der Waals surface area (Å²) in [4.78, 5) is 4.83. The van der Waals surface area contributed by atoms with E-state index < -0.39 is 0 Å². The van der Waals surface area contributed by atoms with Gasteiger partial charge in [-0.25, -0.2) is 0 Å². The van der Waals surface area contributed by atoms with Crippen molar-refractivity contribution in [1.82, 2.24) is 4.90 Å². The molecule has 0 spiro atoms. The van der Waals surface area contributed by atoms with E-state index in [4.69, 9.17) is 0 Å². The molecule has 22 heavy (non-hydrogen) atoms. The Labute approximate surface area is 134 Å². The van der Waals surface area contributed by atoms with Crippen LogP contribution in [0.5, 0.6) is 0 Å². The van der Waals surface area contributed by atoms with Crippen molar-refractivity contribution in [3.05, 3.63) is 59.7 Å². The molecular formula is C20H26N2. The third-order valence-electron chi connectivity index (χ3n) is 4.88. The Morgan fingerprint density at radius 2 is 1.41 bits per heavy atom. The first kappa shape index (κ1) is 15.1. The molecule has 1 heterocycles. The van der Waals surface area contributed by atoms with E-state index in [0.29, 0.717) is 6.04 Å². The first-order valence-corrected chi connectivity index (χ1v) is 8.26. The van der Waals surface area contributed by atoms with Crippen LogP contribution in [-0.4, -0.2) is 31.6 Å². The van der Waals surface area contributed by atoms with Gasteiger partial charge in [-0.3, -0.25) is 0 Å². The topological polar surface area (TPSA) is 6.48 Å². The molecule has 116 valence electrons. The fourth-order valence-corrected chi connectivity index (χ4v) is 3.19. The molecule has 2 nitrogen and oxygen atoms in total. The fourth-order valence-electron chi connectivity index (χ4n) is 3.19. The van der Waals surface area contributed by atoms with Gasteiger partial charge in [-0.05, 0) is 63.5 Å². The van der Waals surface area contributed by atoms with E-state index in [1.807, 2.05) is 0 Å². The van der Waals surface area contributed by atoms with Crippen molar-refractivity contribution in [2.45, 2.75) is 32.2 Å². The molecule has 1 unspecified atom stereocenters. The Balaban J connectivity index is 1.95. The maximum absolute atomic E-state index is 2.53. The average molecular weight is 294 g/mol. The molecule has 0 bridgehead atoms. The van der Waals surface area contributed by atoms with Crippen LogP contribution in [-0.2, 0) is 12.8 Å². The monoisotopic (exact) mass is 294 g/mol. The summed E-state index contributed by atoms with van der Waals surface area (Å²) >= 11 is 0. The van der Waals surface area contributed by atoms with Crippen molar-refractivity contribution >= 4 is 11.4 Å².